The number of rotatable bonds is 14. The van der Waals surface area contributed by atoms with E-state index in [0.717, 1.165) is 42.5 Å². The molecule has 0 aliphatic heterocycles. The van der Waals surface area contributed by atoms with Gasteiger partial charge < -0.3 is 30.2 Å². The Bertz CT molecular complexity index is 1520. The highest BCUT2D eigenvalue weighted by Crippen LogP contribution is 2.37. The summed E-state index contributed by atoms with van der Waals surface area (Å²) in [6.07, 6.45) is 3.01. The lowest BCUT2D eigenvalue weighted by atomic mass is 10.1. The van der Waals surface area contributed by atoms with E-state index in [2.05, 4.69) is 27.5 Å². The number of aromatic nitrogens is 4. The maximum absolute atomic E-state index is 12.0. The molecule has 1 aliphatic rings. The van der Waals surface area contributed by atoms with Crippen molar-refractivity contribution in [2.24, 2.45) is 5.92 Å². The molecule has 0 unspecified atom stereocenters. The summed E-state index contributed by atoms with van der Waals surface area (Å²) < 4.78 is 8.25. The second-order valence-electron chi connectivity index (χ2n) is 10.5. The SMILES string of the molecule is Cc1ccc(OCCCNCCO)c(-c2nc3nc(C(=O)O)nc(N[C@H](C)C4CC4)c3n2Cc2ccc(Cl)cc2)c1. The molecule has 4 N–H and O–H groups in total. The topological polar surface area (TPSA) is 134 Å². The van der Waals surface area contributed by atoms with Crippen LogP contribution in [0.3, 0.4) is 0 Å². The van der Waals surface area contributed by atoms with E-state index in [-0.39, 0.29) is 18.5 Å². The van der Waals surface area contributed by atoms with Crippen LogP contribution in [0.15, 0.2) is 42.5 Å². The van der Waals surface area contributed by atoms with Gasteiger partial charge in [0.15, 0.2) is 11.5 Å². The van der Waals surface area contributed by atoms with Crippen LogP contribution >= 0.6 is 11.6 Å². The van der Waals surface area contributed by atoms with Crippen molar-refractivity contribution in [2.75, 3.05) is 31.6 Å². The van der Waals surface area contributed by atoms with Gasteiger partial charge in [-0.15, -0.1) is 0 Å². The fourth-order valence-corrected chi connectivity index (χ4v) is 4.95. The van der Waals surface area contributed by atoms with Gasteiger partial charge in [0.1, 0.15) is 17.1 Å². The molecule has 2 heterocycles. The van der Waals surface area contributed by atoms with Crippen LogP contribution in [-0.4, -0.2) is 68.0 Å². The molecule has 0 bridgehead atoms. The quantitative estimate of drug-likeness (QED) is 0.156. The summed E-state index contributed by atoms with van der Waals surface area (Å²) in [6, 6.07) is 13.7. The number of hydrogen-bond acceptors (Lipinski definition) is 8. The van der Waals surface area contributed by atoms with Crippen LogP contribution in [0.1, 0.15) is 47.9 Å². The summed E-state index contributed by atoms with van der Waals surface area (Å²) in [5.41, 5.74) is 3.72. The lowest BCUT2D eigenvalue weighted by Crippen LogP contribution is -2.21. The zero-order valence-electron chi connectivity index (χ0n) is 23.2. The summed E-state index contributed by atoms with van der Waals surface area (Å²) in [7, 11) is 0. The van der Waals surface area contributed by atoms with Gasteiger partial charge >= 0.3 is 5.97 Å². The van der Waals surface area contributed by atoms with Crippen LogP contribution in [0.25, 0.3) is 22.6 Å². The monoisotopic (exact) mass is 578 g/mol. The Morgan fingerprint density at radius 3 is 2.63 bits per heavy atom. The standard InChI is InChI=1S/C30H35ClN6O4/c1-18-4-11-24(41-15-3-12-32-13-14-38)23(16-18)29-36-27-25(37(29)17-20-5-9-22(31)10-6-20)26(33-19(2)21-7-8-21)34-28(35-27)30(39)40/h4-6,9-11,16,19,21,32,38H,3,7-8,12-15,17H2,1-2H3,(H,39,40)(H,33,34,35)/t19-/m1/s1. The number of nitrogens with one attached hydrogen (secondary N) is 2. The number of aliphatic hydroxyl groups is 1. The molecule has 41 heavy (non-hydrogen) atoms. The summed E-state index contributed by atoms with van der Waals surface area (Å²) in [5.74, 6) is 0.719. The smallest absolute Gasteiger partial charge is 0.374 e. The van der Waals surface area contributed by atoms with E-state index in [9.17, 15) is 9.90 Å². The molecule has 0 radical (unpaired) electrons. The molecule has 2 aromatic carbocycles. The highest BCUT2D eigenvalue weighted by atomic mass is 35.5. The van der Waals surface area contributed by atoms with Crippen molar-refractivity contribution in [3.8, 4) is 17.1 Å². The van der Waals surface area contributed by atoms with E-state index in [0.29, 0.717) is 59.2 Å². The maximum Gasteiger partial charge on any atom is 0.374 e. The third-order valence-electron chi connectivity index (χ3n) is 7.16. The van der Waals surface area contributed by atoms with E-state index in [1.165, 1.54) is 0 Å². The average molecular weight is 579 g/mol. The molecule has 1 atom stereocenters. The van der Waals surface area contributed by atoms with Crippen molar-refractivity contribution in [2.45, 2.75) is 45.7 Å². The number of aryl methyl sites for hydroxylation is 1. The number of aromatic carboxylic acids is 1. The van der Waals surface area contributed by atoms with Crippen molar-refractivity contribution in [3.63, 3.8) is 0 Å². The van der Waals surface area contributed by atoms with E-state index < -0.39 is 5.97 Å². The summed E-state index contributed by atoms with van der Waals surface area (Å²) in [6.45, 7) is 6.36. The molecule has 1 fully saturated rings. The number of nitrogens with zero attached hydrogens (tertiary/aromatic N) is 4. The fourth-order valence-electron chi connectivity index (χ4n) is 4.82. The first-order chi connectivity index (χ1) is 19.8. The minimum atomic E-state index is -1.21. The normalized spacial score (nSPS) is 13.9. The number of benzene rings is 2. The van der Waals surface area contributed by atoms with Crippen LogP contribution < -0.4 is 15.4 Å². The Hall–Kier alpha value is -3.73. The van der Waals surface area contributed by atoms with Crippen molar-refractivity contribution in [1.82, 2.24) is 24.8 Å². The summed E-state index contributed by atoms with van der Waals surface area (Å²) in [5, 5.41) is 26.1. The molecular formula is C30H35ClN6O4. The molecule has 5 rings (SSSR count). The Morgan fingerprint density at radius 1 is 1.15 bits per heavy atom. The van der Waals surface area contributed by atoms with E-state index in [1.807, 2.05) is 54.0 Å². The Labute approximate surface area is 243 Å². The zero-order valence-corrected chi connectivity index (χ0v) is 24.0. The first-order valence-electron chi connectivity index (χ1n) is 13.9. The van der Waals surface area contributed by atoms with E-state index >= 15 is 0 Å². The second-order valence-corrected chi connectivity index (χ2v) is 10.9. The first kappa shape index (κ1) is 28.8. The predicted octanol–water partition coefficient (Wildman–Crippen LogP) is 4.76. The highest BCUT2D eigenvalue weighted by Gasteiger charge is 2.30. The van der Waals surface area contributed by atoms with Crippen LogP contribution in [0.4, 0.5) is 5.82 Å². The van der Waals surface area contributed by atoms with Crippen molar-refractivity contribution < 1.29 is 19.7 Å². The zero-order chi connectivity index (χ0) is 28.9. The van der Waals surface area contributed by atoms with Crippen LogP contribution in [0.5, 0.6) is 5.75 Å². The van der Waals surface area contributed by atoms with E-state index in [4.69, 9.17) is 26.4 Å². The molecule has 1 aliphatic carbocycles. The predicted molar refractivity (Wildman–Crippen MR) is 159 cm³/mol. The average Bonchev–Trinajstić information content (AvgIpc) is 3.74. The molecule has 1 saturated carbocycles. The molecule has 11 heteroatoms. The van der Waals surface area contributed by atoms with Gasteiger partial charge in [-0.3, -0.25) is 0 Å². The van der Waals surface area contributed by atoms with Crippen molar-refractivity contribution in [3.05, 3.63) is 64.4 Å². The van der Waals surface area contributed by atoms with Crippen LogP contribution in [-0.2, 0) is 6.54 Å². The molecular weight excluding hydrogens is 544 g/mol. The Kier molecular flexibility index (Phi) is 9.02. The minimum absolute atomic E-state index is 0.0928. The number of ether oxygens (including phenoxy) is 1. The van der Waals surface area contributed by atoms with Gasteiger partial charge in [0.25, 0.3) is 0 Å². The van der Waals surface area contributed by atoms with Gasteiger partial charge in [-0.1, -0.05) is 35.4 Å². The number of carboxylic acid groups (broad SMARTS) is 1. The maximum atomic E-state index is 12.0. The molecule has 216 valence electrons. The number of fused-ring (bicyclic) bond motifs is 1. The number of halogens is 1. The van der Waals surface area contributed by atoms with Gasteiger partial charge in [0.05, 0.1) is 18.8 Å². The number of hydrogen-bond donors (Lipinski definition) is 4. The van der Waals surface area contributed by atoms with E-state index in [1.54, 1.807) is 0 Å². The third-order valence-corrected chi connectivity index (χ3v) is 7.41. The Morgan fingerprint density at radius 2 is 1.93 bits per heavy atom. The lowest BCUT2D eigenvalue weighted by Gasteiger charge is -2.18. The molecule has 0 spiro atoms. The van der Waals surface area contributed by atoms with Gasteiger partial charge in [-0.05, 0) is 75.4 Å². The molecule has 2 aromatic heterocycles. The van der Waals surface area contributed by atoms with Crippen molar-refractivity contribution >= 4 is 34.6 Å². The second kappa shape index (κ2) is 12.8. The first-order valence-corrected chi connectivity index (χ1v) is 14.3. The van der Waals surface area contributed by atoms with Crippen molar-refractivity contribution in [1.29, 1.82) is 0 Å². The molecule has 0 saturated heterocycles. The van der Waals surface area contributed by atoms with Gasteiger partial charge in [-0.2, -0.15) is 0 Å². The molecule has 10 nitrogen and oxygen atoms in total. The lowest BCUT2D eigenvalue weighted by molar-refractivity contribution is 0.0684. The van der Waals surface area contributed by atoms with Gasteiger partial charge in [0, 0.05) is 24.2 Å². The largest absolute Gasteiger partial charge is 0.493 e. The number of carbonyl (C=O) groups is 1. The number of imidazole rings is 1. The number of anilines is 1. The fraction of sp³-hybridized carbons (Fsp3) is 0.400. The molecule has 4 aromatic rings. The van der Waals surface area contributed by atoms with Crippen LogP contribution in [0.2, 0.25) is 5.02 Å². The number of carboxylic acids is 1. The third kappa shape index (κ3) is 6.95. The summed E-state index contributed by atoms with van der Waals surface area (Å²) >= 11 is 6.17. The van der Waals surface area contributed by atoms with Gasteiger partial charge in [0.2, 0.25) is 5.82 Å². The molecule has 0 amide bonds. The number of aliphatic hydroxyl groups excluding tert-OH is 1. The highest BCUT2D eigenvalue weighted by molar-refractivity contribution is 6.30. The minimum Gasteiger partial charge on any atom is -0.493 e. The van der Waals surface area contributed by atoms with Crippen LogP contribution in [0, 0.1) is 12.8 Å². The van der Waals surface area contributed by atoms with Gasteiger partial charge in [-0.25, -0.2) is 19.7 Å². The Balaban J connectivity index is 1.62. The summed E-state index contributed by atoms with van der Waals surface area (Å²) in [4.78, 5) is 25.7.